The van der Waals surface area contributed by atoms with E-state index in [0.29, 0.717) is 5.56 Å². The average molecular weight is 418 g/mol. The molecule has 0 radical (unpaired) electrons. The number of rotatable bonds is 5. The predicted molar refractivity (Wildman–Crippen MR) is 113 cm³/mol. The number of nitro benzene ring substituents is 1. The number of nitro groups is 1. The number of hydrogen-bond acceptors (Lipinski definition) is 6. The zero-order valence-corrected chi connectivity index (χ0v) is 16.8. The highest BCUT2D eigenvalue weighted by atomic mass is 16.6. The third-order valence-corrected chi connectivity index (χ3v) is 4.82. The van der Waals surface area contributed by atoms with Crippen LogP contribution in [0.3, 0.4) is 0 Å². The second-order valence-electron chi connectivity index (χ2n) is 7.11. The van der Waals surface area contributed by atoms with Crippen molar-refractivity contribution in [2.75, 3.05) is 14.1 Å². The van der Waals surface area contributed by atoms with Crippen LogP contribution >= 0.6 is 0 Å². The van der Waals surface area contributed by atoms with Crippen molar-refractivity contribution in [1.29, 1.82) is 0 Å². The molecule has 2 aromatic heterocycles. The van der Waals surface area contributed by atoms with Crippen LogP contribution in [0.1, 0.15) is 15.9 Å². The molecule has 0 saturated heterocycles. The minimum absolute atomic E-state index is 0.103. The first-order chi connectivity index (χ1) is 14.9. The molecule has 0 aliphatic heterocycles. The van der Waals surface area contributed by atoms with Gasteiger partial charge >= 0.3 is 0 Å². The lowest BCUT2D eigenvalue weighted by Crippen LogP contribution is -2.22. The van der Waals surface area contributed by atoms with Crippen LogP contribution in [0.5, 0.6) is 0 Å². The van der Waals surface area contributed by atoms with Crippen LogP contribution in [0.25, 0.3) is 16.7 Å². The Labute approximate surface area is 176 Å². The first-order valence-corrected chi connectivity index (χ1v) is 9.34. The molecule has 31 heavy (non-hydrogen) atoms. The number of amides is 1. The van der Waals surface area contributed by atoms with Crippen molar-refractivity contribution in [3.8, 4) is 5.69 Å². The third kappa shape index (κ3) is 3.66. The number of benzene rings is 2. The molecule has 2 aromatic carbocycles. The van der Waals surface area contributed by atoms with Gasteiger partial charge in [0.05, 0.1) is 17.7 Å². The van der Waals surface area contributed by atoms with Crippen molar-refractivity contribution < 1.29 is 9.72 Å². The monoisotopic (exact) mass is 418 g/mol. The van der Waals surface area contributed by atoms with Crippen molar-refractivity contribution >= 4 is 22.6 Å². The molecule has 0 fully saturated rings. The molecule has 0 N–H and O–H groups in total. The number of carbonyl (C=O) groups excluding carboxylic acids is 1. The Morgan fingerprint density at radius 3 is 2.52 bits per heavy atom. The normalized spacial score (nSPS) is 10.9. The van der Waals surface area contributed by atoms with E-state index in [2.05, 4.69) is 10.1 Å². The number of nitrogens with zero attached hydrogens (tertiary/aromatic N) is 6. The van der Waals surface area contributed by atoms with E-state index in [-0.39, 0.29) is 40.4 Å². The molecule has 10 heteroatoms. The molecule has 0 unspecified atom stereocenters. The first kappa shape index (κ1) is 20.0. The van der Waals surface area contributed by atoms with Gasteiger partial charge in [-0.3, -0.25) is 24.3 Å². The van der Waals surface area contributed by atoms with Crippen LogP contribution in [-0.4, -0.2) is 49.2 Å². The quantitative estimate of drug-likeness (QED) is 0.362. The summed E-state index contributed by atoms with van der Waals surface area (Å²) >= 11 is 0. The van der Waals surface area contributed by atoms with Crippen LogP contribution in [0.15, 0.2) is 65.8 Å². The fourth-order valence-electron chi connectivity index (χ4n) is 3.24. The molecule has 0 saturated carbocycles. The number of hydrogen-bond donors (Lipinski definition) is 0. The molecule has 4 rings (SSSR count). The van der Waals surface area contributed by atoms with Crippen molar-refractivity contribution in [3.63, 3.8) is 0 Å². The van der Waals surface area contributed by atoms with Gasteiger partial charge in [-0.05, 0) is 23.8 Å². The van der Waals surface area contributed by atoms with Crippen molar-refractivity contribution in [2.24, 2.45) is 0 Å². The van der Waals surface area contributed by atoms with Gasteiger partial charge in [0.2, 0.25) is 0 Å². The predicted octanol–water partition coefficient (Wildman–Crippen LogP) is 2.24. The van der Waals surface area contributed by atoms with E-state index in [1.54, 1.807) is 56.6 Å². The summed E-state index contributed by atoms with van der Waals surface area (Å²) in [6, 6.07) is 13.1. The summed E-state index contributed by atoms with van der Waals surface area (Å²) in [7, 11) is 3.36. The fraction of sp³-hybridized carbons (Fsp3) is 0.143. The van der Waals surface area contributed by atoms with Gasteiger partial charge in [0.1, 0.15) is 17.4 Å². The Morgan fingerprint density at radius 2 is 1.84 bits per heavy atom. The topological polar surface area (TPSA) is 116 Å². The Morgan fingerprint density at radius 1 is 1.13 bits per heavy atom. The Bertz CT molecular complexity index is 1350. The lowest BCUT2D eigenvalue weighted by atomic mass is 10.1. The maximum atomic E-state index is 12.9. The van der Waals surface area contributed by atoms with Crippen LogP contribution < -0.4 is 5.56 Å². The lowest BCUT2D eigenvalue weighted by Gasteiger charge is -2.11. The smallest absolute Gasteiger partial charge is 0.294 e. The van der Waals surface area contributed by atoms with Crippen molar-refractivity contribution in [3.05, 3.63) is 92.7 Å². The Kier molecular flexibility index (Phi) is 5.04. The summed E-state index contributed by atoms with van der Waals surface area (Å²) in [5.41, 5.74) is 1.40. The minimum atomic E-state index is -0.505. The van der Waals surface area contributed by atoms with E-state index in [4.69, 9.17) is 0 Å². The van der Waals surface area contributed by atoms with Gasteiger partial charge in [-0.25, -0.2) is 9.67 Å². The average Bonchev–Trinajstić information content (AvgIpc) is 3.20. The summed E-state index contributed by atoms with van der Waals surface area (Å²) in [5, 5.41) is 15.7. The summed E-state index contributed by atoms with van der Waals surface area (Å²) in [6.45, 7) is 0.259. The molecule has 10 nitrogen and oxygen atoms in total. The van der Waals surface area contributed by atoms with Crippen molar-refractivity contribution in [2.45, 2.75) is 6.54 Å². The molecule has 156 valence electrons. The molecule has 1 amide bonds. The van der Waals surface area contributed by atoms with Gasteiger partial charge < -0.3 is 4.90 Å². The molecule has 0 aliphatic carbocycles. The van der Waals surface area contributed by atoms with Gasteiger partial charge in [-0.1, -0.05) is 24.3 Å². The molecular formula is C21H18N6O4. The summed E-state index contributed by atoms with van der Waals surface area (Å²) in [5.74, 6) is -0.103. The molecule has 2 heterocycles. The number of fused-ring (bicyclic) bond motifs is 1. The van der Waals surface area contributed by atoms with Crippen LogP contribution in [0.4, 0.5) is 5.69 Å². The molecule has 0 atom stereocenters. The first-order valence-electron chi connectivity index (χ1n) is 9.34. The van der Waals surface area contributed by atoms with E-state index in [0.717, 1.165) is 5.56 Å². The molecule has 4 aromatic rings. The fourth-order valence-corrected chi connectivity index (χ4v) is 3.24. The summed E-state index contributed by atoms with van der Waals surface area (Å²) in [6.07, 6.45) is 2.74. The van der Waals surface area contributed by atoms with Gasteiger partial charge in [-0.15, -0.1) is 0 Å². The highest BCUT2D eigenvalue weighted by Crippen LogP contribution is 2.24. The standard InChI is InChI=1S/C21H18N6O4/c1-24(2)20(28)15-9-7-14(8-10-15)12-25-13-22-19-16(21(25)29)11-23-26(19)17-5-3-4-6-18(17)27(30)31/h3-11,13H,12H2,1-2H3. The number of para-hydroxylation sites is 2. The van der Waals surface area contributed by atoms with Crippen LogP contribution in [-0.2, 0) is 6.54 Å². The van der Waals surface area contributed by atoms with E-state index < -0.39 is 4.92 Å². The lowest BCUT2D eigenvalue weighted by molar-refractivity contribution is -0.384. The van der Waals surface area contributed by atoms with E-state index >= 15 is 0 Å². The second-order valence-corrected chi connectivity index (χ2v) is 7.11. The second kappa shape index (κ2) is 7.82. The van der Waals surface area contributed by atoms with Gasteiger partial charge in [0, 0.05) is 25.7 Å². The largest absolute Gasteiger partial charge is 0.345 e. The molecule has 0 aliphatic rings. The molecule has 0 spiro atoms. The Hall–Kier alpha value is -4.34. The maximum absolute atomic E-state index is 12.9. The maximum Gasteiger partial charge on any atom is 0.294 e. The highest BCUT2D eigenvalue weighted by Gasteiger charge is 2.19. The third-order valence-electron chi connectivity index (χ3n) is 4.82. The van der Waals surface area contributed by atoms with E-state index in [1.807, 2.05) is 0 Å². The summed E-state index contributed by atoms with van der Waals surface area (Å²) < 4.78 is 2.72. The number of carbonyl (C=O) groups is 1. The van der Waals surface area contributed by atoms with Crippen LogP contribution in [0.2, 0.25) is 0 Å². The summed E-state index contributed by atoms with van der Waals surface area (Å²) in [4.78, 5) is 41.6. The zero-order chi connectivity index (χ0) is 22.1. The Balaban J connectivity index is 1.68. The minimum Gasteiger partial charge on any atom is -0.345 e. The van der Waals surface area contributed by atoms with Gasteiger partial charge in [-0.2, -0.15) is 5.10 Å². The number of aromatic nitrogens is 4. The highest BCUT2D eigenvalue weighted by molar-refractivity contribution is 5.93. The van der Waals surface area contributed by atoms with E-state index in [1.165, 1.54) is 32.7 Å². The van der Waals surface area contributed by atoms with E-state index in [9.17, 15) is 19.7 Å². The van der Waals surface area contributed by atoms with Crippen LogP contribution in [0, 0.1) is 10.1 Å². The van der Waals surface area contributed by atoms with Gasteiger partial charge in [0.25, 0.3) is 17.2 Å². The zero-order valence-electron chi connectivity index (χ0n) is 16.8. The molecular weight excluding hydrogens is 400 g/mol. The van der Waals surface area contributed by atoms with Gasteiger partial charge in [0.15, 0.2) is 5.65 Å². The SMILES string of the molecule is CN(C)C(=O)c1ccc(Cn2cnc3c(cnn3-c3ccccc3[N+](=O)[O-])c2=O)cc1. The van der Waals surface area contributed by atoms with Crippen molar-refractivity contribution in [1.82, 2.24) is 24.2 Å². The molecule has 0 bridgehead atoms.